The minimum absolute atomic E-state index is 0.0560. The Kier molecular flexibility index (Phi) is 10.9. The van der Waals surface area contributed by atoms with E-state index in [2.05, 4.69) is 10.6 Å². The predicted molar refractivity (Wildman–Crippen MR) is 164 cm³/mol. The van der Waals surface area contributed by atoms with E-state index in [4.69, 9.17) is 16.6 Å². The Morgan fingerprint density at radius 2 is 1.44 bits per heavy atom. The van der Waals surface area contributed by atoms with Crippen molar-refractivity contribution in [3.05, 3.63) is 101 Å². The third kappa shape index (κ3) is 8.89. The van der Waals surface area contributed by atoms with Gasteiger partial charge in [0.15, 0.2) is 0 Å². The van der Waals surface area contributed by atoms with Crippen LogP contribution in [0.1, 0.15) is 35.1 Å². The number of fused-ring (bicyclic) bond motifs is 1. The van der Waals surface area contributed by atoms with Crippen molar-refractivity contribution in [3.63, 3.8) is 0 Å². The second-order valence-corrected chi connectivity index (χ2v) is 11.1. The Balaban J connectivity index is 1.58. The summed E-state index contributed by atoms with van der Waals surface area (Å²) in [7, 11) is 0. The lowest BCUT2D eigenvalue weighted by Crippen LogP contribution is -2.60. The second-order valence-electron chi connectivity index (χ2n) is 11.1. The molecular weight excluding hydrogens is 578 g/mol. The number of phenols is 1. The molecule has 0 radical (unpaired) electrons. The first-order valence-corrected chi connectivity index (χ1v) is 14.6. The highest BCUT2D eigenvalue weighted by Gasteiger charge is 2.38. The van der Waals surface area contributed by atoms with Crippen LogP contribution in [0.2, 0.25) is 0 Å². The van der Waals surface area contributed by atoms with Gasteiger partial charge in [0.25, 0.3) is 0 Å². The van der Waals surface area contributed by atoms with Crippen LogP contribution in [0.4, 0.5) is 0 Å². The number of carboxylic acid groups (broad SMARTS) is 1. The number of carboxylic acids is 1. The largest absolute Gasteiger partial charge is 0.508 e. The normalized spacial score (nSPS) is 16.0. The number of aromatic hydroxyl groups is 1. The summed E-state index contributed by atoms with van der Waals surface area (Å²) in [5, 5.41) is 23.9. The van der Waals surface area contributed by atoms with Gasteiger partial charge in [-0.15, -0.1) is 0 Å². The first-order valence-electron chi connectivity index (χ1n) is 14.6. The molecule has 4 atom stereocenters. The van der Waals surface area contributed by atoms with E-state index in [1.165, 1.54) is 17.0 Å². The monoisotopic (exact) mass is 615 g/mol. The van der Waals surface area contributed by atoms with E-state index in [1.807, 2.05) is 24.3 Å². The SMILES string of the molecule is NC(=O)[C@H](CCC(=O)O)NC(=O)[C@H](Cc1ccccc1)NC(=O)[C@@H]1Cc2ccccc2CN1C(=O)[C@@H](N)Cc1ccc(O)cc1. The molecule has 45 heavy (non-hydrogen) atoms. The summed E-state index contributed by atoms with van der Waals surface area (Å²) in [4.78, 5) is 65.7. The number of primary amides is 1. The maximum Gasteiger partial charge on any atom is 0.303 e. The molecular formula is C33H37N5O7. The van der Waals surface area contributed by atoms with Crippen LogP contribution in [-0.2, 0) is 49.8 Å². The standard InChI is InChI=1S/C33H37N5O7/c34-25(16-21-10-12-24(39)13-11-21)33(45)38-19-23-9-5-4-8-22(23)18-28(38)32(44)37-27(17-20-6-2-1-3-7-20)31(43)36-26(30(35)42)14-15-29(40)41/h1-13,25-28,39H,14-19,34H2,(H2,35,42)(H,36,43)(H,37,44)(H,40,41)/t25-,26-,27-,28-/m0/s1. The molecule has 1 aliphatic heterocycles. The van der Waals surface area contributed by atoms with Crippen molar-refractivity contribution in [2.24, 2.45) is 11.5 Å². The molecule has 236 valence electrons. The van der Waals surface area contributed by atoms with Crippen molar-refractivity contribution in [2.75, 3.05) is 0 Å². The second kappa shape index (κ2) is 15.0. The number of rotatable bonds is 13. The van der Waals surface area contributed by atoms with Crippen LogP contribution in [0.15, 0.2) is 78.9 Å². The molecule has 3 aromatic carbocycles. The summed E-state index contributed by atoms with van der Waals surface area (Å²) in [5.41, 5.74) is 15.0. The van der Waals surface area contributed by atoms with Crippen LogP contribution in [0.25, 0.3) is 0 Å². The molecule has 4 amide bonds. The smallest absolute Gasteiger partial charge is 0.303 e. The summed E-state index contributed by atoms with van der Waals surface area (Å²) in [6.07, 6.45) is -0.201. The average molecular weight is 616 g/mol. The number of benzene rings is 3. The van der Waals surface area contributed by atoms with Gasteiger partial charge in [0.1, 0.15) is 23.9 Å². The number of hydrogen-bond acceptors (Lipinski definition) is 7. The number of phenolic OH excluding ortho intramolecular Hbond substituents is 1. The molecule has 0 aliphatic carbocycles. The fraction of sp³-hybridized carbons (Fsp3) is 0.303. The van der Waals surface area contributed by atoms with Gasteiger partial charge in [0.2, 0.25) is 23.6 Å². The molecule has 12 heteroatoms. The molecule has 0 saturated carbocycles. The minimum atomic E-state index is -1.26. The first-order chi connectivity index (χ1) is 21.5. The number of carbonyl (C=O) groups excluding carboxylic acids is 4. The van der Waals surface area contributed by atoms with Crippen molar-refractivity contribution in [1.29, 1.82) is 0 Å². The molecule has 3 aromatic rings. The number of nitrogens with two attached hydrogens (primary N) is 2. The molecule has 0 spiro atoms. The third-order valence-corrected chi connectivity index (χ3v) is 7.77. The van der Waals surface area contributed by atoms with Gasteiger partial charge in [-0.2, -0.15) is 0 Å². The number of hydrogen-bond donors (Lipinski definition) is 6. The van der Waals surface area contributed by atoms with E-state index in [1.54, 1.807) is 42.5 Å². The fourth-order valence-corrected chi connectivity index (χ4v) is 5.33. The molecule has 0 unspecified atom stereocenters. The molecule has 0 saturated heterocycles. The highest BCUT2D eigenvalue weighted by Crippen LogP contribution is 2.25. The first kappa shape index (κ1) is 32.7. The van der Waals surface area contributed by atoms with Gasteiger partial charge in [0.05, 0.1) is 6.04 Å². The quantitative estimate of drug-likeness (QED) is 0.162. The summed E-state index contributed by atoms with van der Waals surface area (Å²) in [5.74, 6) is -3.75. The summed E-state index contributed by atoms with van der Waals surface area (Å²) < 4.78 is 0. The Labute approximate surface area is 260 Å². The van der Waals surface area contributed by atoms with Crippen LogP contribution in [-0.4, -0.2) is 68.9 Å². The maximum atomic E-state index is 14.0. The number of nitrogens with one attached hydrogen (secondary N) is 2. The molecule has 0 bridgehead atoms. The summed E-state index contributed by atoms with van der Waals surface area (Å²) in [6.45, 7) is 0.130. The van der Waals surface area contributed by atoms with Crippen molar-refractivity contribution >= 4 is 29.6 Å². The van der Waals surface area contributed by atoms with Crippen LogP contribution in [0.5, 0.6) is 5.75 Å². The fourth-order valence-electron chi connectivity index (χ4n) is 5.33. The van der Waals surface area contributed by atoms with Gasteiger partial charge in [-0.05, 0) is 47.2 Å². The molecule has 1 aliphatic rings. The molecule has 1 heterocycles. The van der Waals surface area contributed by atoms with Crippen molar-refractivity contribution < 1.29 is 34.2 Å². The van der Waals surface area contributed by atoms with Crippen molar-refractivity contribution in [2.45, 2.75) is 62.8 Å². The molecule has 8 N–H and O–H groups in total. The lowest BCUT2D eigenvalue weighted by Gasteiger charge is -2.38. The number of nitrogens with zero attached hydrogens (tertiary/aromatic N) is 1. The molecule has 4 rings (SSSR count). The number of amides is 4. The zero-order chi connectivity index (χ0) is 32.5. The van der Waals surface area contributed by atoms with E-state index in [0.29, 0.717) is 0 Å². The highest BCUT2D eigenvalue weighted by molar-refractivity contribution is 5.95. The van der Waals surface area contributed by atoms with Crippen LogP contribution in [0, 0.1) is 0 Å². The molecule has 0 aromatic heterocycles. The van der Waals surface area contributed by atoms with E-state index in [0.717, 1.165) is 22.3 Å². The summed E-state index contributed by atoms with van der Waals surface area (Å²) in [6, 6.07) is 18.3. The Hall–Kier alpha value is -5.23. The topological polar surface area (TPSA) is 205 Å². The zero-order valence-electron chi connectivity index (χ0n) is 24.6. The van der Waals surface area contributed by atoms with Crippen LogP contribution >= 0.6 is 0 Å². The maximum absolute atomic E-state index is 14.0. The lowest BCUT2D eigenvalue weighted by molar-refractivity contribution is -0.143. The predicted octanol–water partition coefficient (Wildman–Crippen LogP) is 0.778. The Bertz CT molecular complexity index is 1530. The van der Waals surface area contributed by atoms with Gasteiger partial charge in [-0.3, -0.25) is 24.0 Å². The average Bonchev–Trinajstić information content (AvgIpc) is 3.02. The van der Waals surface area contributed by atoms with Crippen molar-refractivity contribution in [1.82, 2.24) is 15.5 Å². The Morgan fingerprint density at radius 1 is 0.822 bits per heavy atom. The molecule has 12 nitrogen and oxygen atoms in total. The summed E-state index contributed by atoms with van der Waals surface area (Å²) >= 11 is 0. The van der Waals surface area contributed by atoms with Gasteiger partial charge >= 0.3 is 5.97 Å². The van der Waals surface area contributed by atoms with Crippen LogP contribution in [0.3, 0.4) is 0 Å². The highest BCUT2D eigenvalue weighted by atomic mass is 16.4. The van der Waals surface area contributed by atoms with E-state index in [9.17, 15) is 29.1 Å². The zero-order valence-corrected chi connectivity index (χ0v) is 24.6. The van der Waals surface area contributed by atoms with E-state index >= 15 is 0 Å². The number of carbonyl (C=O) groups is 5. The minimum Gasteiger partial charge on any atom is -0.508 e. The third-order valence-electron chi connectivity index (χ3n) is 7.77. The number of aliphatic carboxylic acids is 1. The van der Waals surface area contributed by atoms with Gasteiger partial charge in [-0.25, -0.2) is 0 Å². The lowest BCUT2D eigenvalue weighted by atomic mass is 9.92. The van der Waals surface area contributed by atoms with Crippen molar-refractivity contribution in [3.8, 4) is 5.75 Å². The van der Waals surface area contributed by atoms with Gasteiger partial charge < -0.3 is 37.2 Å². The van der Waals surface area contributed by atoms with E-state index in [-0.39, 0.29) is 38.0 Å². The van der Waals surface area contributed by atoms with Gasteiger partial charge in [-0.1, -0.05) is 66.7 Å². The van der Waals surface area contributed by atoms with E-state index < -0.39 is 60.2 Å². The molecule has 0 fully saturated rings. The van der Waals surface area contributed by atoms with Crippen LogP contribution < -0.4 is 22.1 Å². The van der Waals surface area contributed by atoms with Gasteiger partial charge in [0, 0.05) is 25.8 Å². The Morgan fingerprint density at radius 3 is 2.09 bits per heavy atom.